The molecule has 2 rings (SSSR count). The highest BCUT2D eigenvalue weighted by atomic mass is 16.6. The van der Waals surface area contributed by atoms with E-state index >= 15 is 0 Å². The first kappa shape index (κ1) is 18.8. The van der Waals surface area contributed by atoms with Gasteiger partial charge < -0.3 is 15.4 Å². The van der Waals surface area contributed by atoms with E-state index in [4.69, 9.17) is 4.74 Å². The van der Waals surface area contributed by atoms with Crippen molar-refractivity contribution in [3.05, 3.63) is 35.4 Å². The van der Waals surface area contributed by atoms with Gasteiger partial charge in [-0.1, -0.05) is 38.1 Å². The van der Waals surface area contributed by atoms with Crippen LogP contribution >= 0.6 is 0 Å². The molecular weight excluding hydrogens is 300 g/mol. The van der Waals surface area contributed by atoms with E-state index in [1.54, 1.807) is 0 Å². The Bertz CT molecular complexity index is 559. The van der Waals surface area contributed by atoms with Crippen molar-refractivity contribution in [3.63, 3.8) is 0 Å². The molecule has 1 amide bonds. The van der Waals surface area contributed by atoms with Gasteiger partial charge in [0.05, 0.1) is 5.54 Å². The van der Waals surface area contributed by atoms with Crippen molar-refractivity contribution < 1.29 is 9.53 Å². The number of benzene rings is 1. The smallest absolute Gasteiger partial charge is 0.408 e. The van der Waals surface area contributed by atoms with E-state index in [1.165, 1.54) is 11.1 Å². The van der Waals surface area contributed by atoms with Crippen molar-refractivity contribution in [3.8, 4) is 0 Å². The number of alkyl carbamates (subject to hydrolysis) is 1. The van der Waals surface area contributed by atoms with Crippen LogP contribution < -0.4 is 10.6 Å². The number of carbonyl (C=O) groups is 1. The molecule has 0 saturated carbocycles. The zero-order chi connectivity index (χ0) is 17.8. The molecule has 4 heteroatoms. The van der Waals surface area contributed by atoms with Gasteiger partial charge in [0, 0.05) is 12.6 Å². The summed E-state index contributed by atoms with van der Waals surface area (Å²) in [4.78, 5) is 12.2. The van der Waals surface area contributed by atoms with Crippen LogP contribution in [0.4, 0.5) is 4.79 Å². The van der Waals surface area contributed by atoms with Crippen LogP contribution in [0.5, 0.6) is 0 Å². The number of hydrogen-bond acceptors (Lipinski definition) is 3. The number of ether oxygens (including phenoxy) is 1. The molecule has 1 aliphatic carbocycles. The zero-order valence-electron chi connectivity index (χ0n) is 15.7. The zero-order valence-corrected chi connectivity index (χ0v) is 15.7. The third-order valence-corrected chi connectivity index (χ3v) is 4.94. The number of rotatable bonds is 6. The summed E-state index contributed by atoms with van der Waals surface area (Å²) < 4.78 is 5.45. The summed E-state index contributed by atoms with van der Waals surface area (Å²) in [5.41, 5.74) is 2.08. The monoisotopic (exact) mass is 332 g/mol. The second kappa shape index (κ2) is 7.56. The Kier molecular flexibility index (Phi) is 5.92. The molecule has 0 radical (unpaired) electrons. The third-order valence-electron chi connectivity index (χ3n) is 4.94. The van der Waals surface area contributed by atoms with Gasteiger partial charge in [-0.3, -0.25) is 0 Å². The van der Waals surface area contributed by atoms with Gasteiger partial charge in [0.15, 0.2) is 0 Å². The number of aryl methyl sites for hydroxylation is 1. The van der Waals surface area contributed by atoms with E-state index in [-0.39, 0.29) is 11.6 Å². The topological polar surface area (TPSA) is 50.4 Å². The first-order valence-electron chi connectivity index (χ1n) is 9.11. The van der Waals surface area contributed by atoms with Gasteiger partial charge in [-0.15, -0.1) is 0 Å². The molecule has 24 heavy (non-hydrogen) atoms. The summed E-state index contributed by atoms with van der Waals surface area (Å²) in [5, 5.41) is 6.79. The average Bonchev–Trinajstić information content (AvgIpc) is 2.93. The maximum Gasteiger partial charge on any atom is 0.408 e. The number of amides is 1. The summed E-state index contributed by atoms with van der Waals surface area (Å²) in [6.45, 7) is 10.6. The van der Waals surface area contributed by atoms with Crippen LogP contribution in [0, 0.1) is 0 Å². The predicted octanol–water partition coefficient (Wildman–Crippen LogP) is 4.35. The fourth-order valence-electron chi connectivity index (χ4n) is 3.33. The minimum Gasteiger partial charge on any atom is -0.444 e. The summed E-state index contributed by atoms with van der Waals surface area (Å²) >= 11 is 0. The Morgan fingerprint density at radius 3 is 2.50 bits per heavy atom. The molecule has 0 saturated heterocycles. The van der Waals surface area contributed by atoms with E-state index in [2.05, 4.69) is 48.7 Å². The molecule has 1 aliphatic rings. The lowest BCUT2D eigenvalue weighted by Crippen LogP contribution is -2.55. The number of fused-ring (bicyclic) bond motifs is 1. The first-order valence-corrected chi connectivity index (χ1v) is 9.11. The molecule has 1 unspecified atom stereocenters. The maximum atomic E-state index is 12.2. The molecule has 1 aromatic rings. The Morgan fingerprint density at radius 2 is 1.88 bits per heavy atom. The van der Waals surface area contributed by atoms with Gasteiger partial charge in [-0.25, -0.2) is 4.79 Å². The van der Waals surface area contributed by atoms with Crippen LogP contribution in [0.25, 0.3) is 0 Å². The van der Waals surface area contributed by atoms with Gasteiger partial charge in [-0.2, -0.15) is 0 Å². The van der Waals surface area contributed by atoms with E-state index < -0.39 is 5.60 Å². The molecule has 2 N–H and O–H groups in total. The molecular formula is C20H32N2O2. The van der Waals surface area contributed by atoms with Crippen LogP contribution in [-0.2, 0) is 11.2 Å². The summed E-state index contributed by atoms with van der Waals surface area (Å²) in [6, 6.07) is 9.00. The number of hydrogen-bond donors (Lipinski definition) is 2. The predicted molar refractivity (Wildman–Crippen MR) is 98.2 cm³/mol. The van der Waals surface area contributed by atoms with Crippen molar-refractivity contribution >= 4 is 6.09 Å². The fourth-order valence-corrected chi connectivity index (χ4v) is 3.33. The lowest BCUT2D eigenvalue weighted by molar-refractivity contribution is 0.0444. The van der Waals surface area contributed by atoms with Crippen LogP contribution in [0.15, 0.2) is 24.3 Å². The van der Waals surface area contributed by atoms with Gasteiger partial charge in [-0.05, 0) is 57.6 Å². The standard InChI is InChI=1S/C20H32N2O2/c1-6-20(7-2,22-18(23)24-19(3,4)5)14-21-17-13-12-15-10-8-9-11-16(15)17/h8-11,17,21H,6-7,12-14H2,1-5H3,(H,22,23). The highest BCUT2D eigenvalue weighted by Crippen LogP contribution is 2.31. The summed E-state index contributed by atoms with van der Waals surface area (Å²) in [7, 11) is 0. The van der Waals surface area contributed by atoms with Crippen molar-refractivity contribution in [2.45, 2.75) is 77.5 Å². The Balaban J connectivity index is 1.99. The minimum absolute atomic E-state index is 0.278. The highest BCUT2D eigenvalue weighted by molar-refractivity contribution is 5.68. The average molecular weight is 332 g/mol. The van der Waals surface area contributed by atoms with Crippen LogP contribution in [-0.4, -0.2) is 23.8 Å². The second-order valence-corrected chi connectivity index (χ2v) is 7.79. The van der Waals surface area contributed by atoms with Gasteiger partial charge in [0.1, 0.15) is 5.60 Å². The molecule has 134 valence electrons. The molecule has 0 heterocycles. The second-order valence-electron chi connectivity index (χ2n) is 7.79. The molecule has 4 nitrogen and oxygen atoms in total. The SMILES string of the molecule is CCC(CC)(CNC1CCc2ccccc21)NC(=O)OC(C)(C)C. The lowest BCUT2D eigenvalue weighted by Gasteiger charge is -2.35. The maximum absolute atomic E-state index is 12.2. The molecule has 0 aliphatic heterocycles. The number of carbonyl (C=O) groups excluding carboxylic acids is 1. The Hall–Kier alpha value is -1.55. The Morgan fingerprint density at radius 1 is 1.21 bits per heavy atom. The lowest BCUT2D eigenvalue weighted by atomic mass is 9.92. The van der Waals surface area contributed by atoms with Gasteiger partial charge in [0.25, 0.3) is 0 Å². The molecule has 0 spiro atoms. The first-order chi connectivity index (χ1) is 11.3. The van der Waals surface area contributed by atoms with Crippen LogP contribution in [0.3, 0.4) is 0 Å². The van der Waals surface area contributed by atoms with Crippen molar-refractivity contribution in [2.75, 3.05) is 6.54 Å². The van der Waals surface area contributed by atoms with E-state index in [0.29, 0.717) is 6.04 Å². The molecule has 1 aromatic carbocycles. The molecule has 0 aromatic heterocycles. The van der Waals surface area contributed by atoms with E-state index in [0.717, 1.165) is 32.2 Å². The summed E-state index contributed by atoms with van der Waals surface area (Å²) in [6.07, 6.45) is 3.64. The summed E-state index contributed by atoms with van der Waals surface area (Å²) in [5.74, 6) is 0. The molecule has 1 atom stereocenters. The fraction of sp³-hybridized carbons (Fsp3) is 0.650. The van der Waals surface area contributed by atoms with Crippen LogP contribution in [0.1, 0.15) is 71.0 Å². The minimum atomic E-state index is -0.477. The van der Waals surface area contributed by atoms with Crippen molar-refractivity contribution in [1.82, 2.24) is 10.6 Å². The highest BCUT2D eigenvalue weighted by Gasteiger charge is 2.32. The van der Waals surface area contributed by atoms with Gasteiger partial charge >= 0.3 is 6.09 Å². The van der Waals surface area contributed by atoms with Gasteiger partial charge in [0.2, 0.25) is 0 Å². The van der Waals surface area contributed by atoms with Crippen LogP contribution in [0.2, 0.25) is 0 Å². The number of nitrogens with one attached hydrogen (secondary N) is 2. The molecule has 0 bridgehead atoms. The Labute approximate surface area is 146 Å². The quantitative estimate of drug-likeness (QED) is 0.814. The van der Waals surface area contributed by atoms with E-state index in [9.17, 15) is 4.79 Å². The molecule has 0 fully saturated rings. The third kappa shape index (κ3) is 4.73. The largest absolute Gasteiger partial charge is 0.444 e. The van der Waals surface area contributed by atoms with Crippen molar-refractivity contribution in [1.29, 1.82) is 0 Å². The normalized spacial score (nSPS) is 17.5. The van der Waals surface area contributed by atoms with Crippen molar-refractivity contribution in [2.24, 2.45) is 0 Å². The van der Waals surface area contributed by atoms with E-state index in [1.807, 2.05) is 20.8 Å².